The second-order valence-electron chi connectivity index (χ2n) is 3.59. The molecule has 17 heavy (non-hydrogen) atoms. The van der Waals surface area contributed by atoms with Crippen molar-refractivity contribution >= 4 is 22.4 Å². The van der Waals surface area contributed by atoms with Crippen molar-refractivity contribution in [2.75, 3.05) is 0 Å². The van der Waals surface area contributed by atoms with E-state index >= 15 is 0 Å². The van der Waals surface area contributed by atoms with Crippen molar-refractivity contribution in [2.24, 2.45) is 0 Å². The molecule has 0 aliphatic carbocycles. The molecule has 0 saturated carbocycles. The van der Waals surface area contributed by atoms with Gasteiger partial charge >= 0.3 is 6.18 Å². The van der Waals surface area contributed by atoms with Gasteiger partial charge in [0.05, 0.1) is 5.56 Å². The number of hydrogen-bond acceptors (Lipinski definition) is 0. The molecule has 1 atom stereocenters. The number of benzene rings is 2. The van der Waals surface area contributed by atoms with Gasteiger partial charge in [-0.15, -0.1) is 0 Å². The van der Waals surface area contributed by atoms with Crippen molar-refractivity contribution in [3.8, 4) is 0 Å². The number of alkyl halides is 5. The molecule has 0 saturated heterocycles. The fourth-order valence-electron chi connectivity index (χ4n) is 1.68. The first-order valence-corrected chi connectivity index (χ1v) is 5.21. The minimum atomic E-state index is -4.61. The van der Waals surface area contributed by atoms with E-state index in [1.807, 2.05) is 0 Å². The summed E-state index contributed by atoms with van der Waals surface area (Å²) >= 11 is 5.15. The summed E-state index contributed by atoms with van der Waals surface area (Å²) in [6.07, 6.45) is -4.61. The van der Waals surface area contributed by atoms with Gasteiger partial charge in [-0.05, 0) is 22.9 Å². The lowest BCUT2D eigenvalue weighted by molar-refractivity contribution is -0.138. The minimum Gasteiger partial charge on any atom is -0.225 e. The van der Waals surface area contributed by atoms with E-state index in [-0.39, 0.29) is 0 Å². The molecule has 90 valence electrons. The van der Waals surface area contributed by atoms with Crippen molar-refractivity contribution in [2.45, 2.75) is 11.8 Å². The first-order valence-electron chi connectivity index (χ1n) is 4.77. The Morgan fingerprint density at radius 2 is 1.53 bits per heavy atom. The molecule has 0 fully saturated rings. The Balaban J connectivity index is 2.75. The van der Waals surface area contributed by atoms with Crippen LogP contribution < -0.4 is 0 Å². The molecule has 2 rings (SSSR count). The van der Waals surface area contributed by atoms with Crippen molar-refractivity contribution in [3.63, 3.8) is 0 Å². The molecule has 0 nitrogen and oxygen atoms in total. The van der Waals surface area contributed by atoms with Crippen molar-refractivity contribution in [1.29, 1.82) is 0 Å². The predicted molar refractivity (Wildman–Crippen MR) is 58.7 cm³/mol. The molecule has 0 amide bonds. The molecular formula is C12H7ClF4. The standard InChI is InChI=1S/C12H7ClF4/c13-11(14)9-5-7-3-1-2-4-8(7)6-10(9)12(15,16)17/h1-6,11H. The van der Waals surface area contributed by atoms with Gasteiger partial charge in [0.1, 0.15) is 0 Å². The Bertz CT molecular complexity index is 546. The summed E-state index contributed by atoms with van der Waals surface area (Å²) in [6.45, 7) is 0. The smallest absolute Gasteiger partial charge is 0.225 e. The van der Waals surface area contributed by atoms with E-state index in [4.69, 9.17) is 11.6 Å². The summed E-state index contributed by atoms with van der Waals surface area (Å²) in [5.41, 5.74) is -3.74. The highest BCUT2D eigenvalue weighted by atomic mass is 35.5. The zero-order valence-corrected chi connectivity index (χ0v) is 9.19. The van der Waals surface area contributed by atoms with Gasteiger partial charge in [-0.25, -0.2) is 4.39 Å². The van der Waals surface area contributed by atoms with E-state index in [9.17, 15) is 17.6 Å². The largest absolute Gasteiger partial charge is 0.416 e. The summed E-state index contributed by atoms with van der Waals surface area (Å²) in [6, 6.07) is 8.49. The van der Waals surface area contributed by atoms with Gasteiger partial charge in [-0.1, -0.05) is 35.9 Å². The summed E-state index contributed by atoms with van der Waals surface area (Å²) in [5, 5.41) is 0.930. The van der Waals surface area contributed by atoms with Crippen LogP contribution in [0.4, 0.5) is 17.6 Å². The van der Waals surface area contributed by atoms with Crippen LogP contribution in [0, 0.1) is 0 Å². The highest BCUT2D eigenvalue weighted by Gasteiger charge is 2.35. The van der Waals surface area contributed by atoms with Crippen LogP contribution in [0.5, 0.6) is 0 Å². The minimum absolute atomic E-state index is 0.404. The van der Waals surface area contributed by atoms with E-state index < -0.39 is 22.9 Å². The second-order valence-corrected chi connectivity index (χ2v) is 3.97. The van der Waals surface area contributed by atoms with Gasteiger partial charge in [-0.2, -0.15) is 13.2 Å². The van der Waals surface area contributed by atoms with Gasteiger partial charge < -0.3 is 0 Å². The van der Waals surface area contributed by atoms with Crippen LogP contribution in [0.3, 0.4) is 0 Å². The zero-order valence-electron chi connectivity index (χ0n) is 8.43. The third-order valence-corrected chi connectivity index (χ3v) is 2.69. The first kappa shape index (κ1) is 12.2. The van der Waals surface area contributed by atoms with Crippen LogP contribution in [0.1, 0.15) is 16.8 Å². The monoisotopic (exact) mass is 262 g/mol. The van der Waals surface area contributed by atoms with E-state index in [1.54, 1.807) is 18.2 Å². The maximum atomic E-state index is 13.0. The molecule has 0 spiro atoms. The molecule has 0 N–H and O–H groups in total. The number of hydrogen-bond donors (Lipinski definition) is 0. The summed E-state index contributed by atoms with van der Waals surface area (Å²) in [4.78, 5) is 0. The second kappa shape index (κ2) is 4.18. The average Bonchev–Trinajstić information content (AvgIpc) is 2.26. The maximum absolute atomic E-state index is 13.0. The third kappa shape index (κ3) is 2.36. The van der Waals surface area contributed by atoms with E-state index in [1.165, 1.54) is 6.07 Å². The van der Waals surface area contributed by atoms with Crippen LogP contribution in [0.2, 0.25) is 0 Å². The lowest BCUT2D eigenvalue weighted by atomic mass is 10.0. The Morgan fingerprint density at radius 3 is 2.00 bits per heavy atom. The topological polar surface area (TPSA) is 0 Å². The van der Waals surface area contributed by atoms with Crippen molar-refractivity contribution in [3.05, 3.63) is 47.5 Å². The number of rotatable bonds is 1. The Morgan fingerprint density at radius 1 is 1.00 bits per heavy atom. The number of fused-ring (bicyclic) bond motifs is 1. The van der Waals surface area contributed by atoms with E-state index in [0.29, 0.717) is 10.8 Å². The zero-order chi connectivity index (χ0) is 12.6. The van der Waals surface area contributed by atoms with Gasteiger partial charge in [0.25, 0.3) is 0 Å². The van der Waals surface area contributed by atoms with Gasteiger partial charge in [0.2, 0.25) is 0 Å². The lowest BCUT2D eigenvalue weighted by Gasteiger charge is -2.14. The summed E-state index contributed by atoms with van der Waals surface area (Å²) in [5.74, 6) is 0. The molecule has 2 aromatic rings. The lowest BCUT2D eigenvalue weighted by Crippen LogP contribution is -2.09. The highest BCUT2D eigenvalue weighted by Crippen LogP contribution is 2.39. The molecule has 0 radical (unpaired) electrons. The summed E-state index contributed by atoms with van der Waals surface area (Å²) < 4.78 is 51.2. The van der Waals surface area contributed by atoms with Gasteiger partial charge in [-0.3, -0.25) is 0 Å². The molecule has 2 aromatic carbocycles. The molecule has 0 aromatic heterocycles. The molecule has 1 unspecified atom stereocenters. The van der Waals surface area contributed by atoms with Gasteiger partial charge in [0.15, 0.2) is 5.63 Å². The fraction of sp³-hybridized carbons (Fsp3) is 0.167. The van der Waals surface area contributed by atoms with E-state index in [2.05, 4.69) is 0 Å². The molecule has 5 heteroatoms. The van der Waals surface area contributed by atoms with Gasteiger partial charge in [0, 0.05) is 5.56 Å². The predicted octanol–water partition coefficient (Wildman–Crippen LogP) is 5.07. The Hall–Kier alpha value is -1.29. The molecule has 0 aliphatic heterocycles. The molecule has 0 bridgehead atoms. The first-order chi connectivity index (χ1) is 7.89. The Kier molecular flexibility index (Phi) is 3.00. The fourth-order valence-corrected chi connectivity index (χ4v) is 1.86. The third-order valence-electron chi connectivity index (χ3n) is 2.46. The average molecular weight is 263 g/mol. The molecule has 0 aliphatic rings. The van der Waals surface area contributed by atoms with Crippen LogP contribution >= 0.6 is 11.6 Å². The van der Waals surface area contributed by atoms with Crippen LogP contribution in [-0.4, -0.2) is 0 Å². The van der Waals surface area contributed by atoms with Crippen LogP contribution in [-0.2, 0) is 6.18 Å². The van der Waals surface area contributed by atoms with Crippen molar-refractivity contribution in [1.82, 2.24) is 0 Å². The van der Waals surface area contributed by atoms with Crippen LogP contribution in [0.15, 0.2) is 36.4 Å². The SMILES string of the molecule is FC(Cl)c1cc2ccccc2cc1C(F)(F)F. The van der Waals surface area contributed by atoms with E-state index in [0.717, 1.165) is 12.1 Å². The maximum Gasteiger partial charge on any atom is 0.416 e. The molecular weight excluding hydrogens is 256 g/mol. The Labute approximate surface area is 99.8 Å². The summed E-state index contributed by atoms with van der Waals surface area (Å²) in [7, 11) is 0. The molecule has 0 heterocycles. The number of halogens is 5. The van der Waals surface area contributed by atoms with Crippen molar-refractivity contribution < 1.29 is 17.6 Å². The van der Waals surface area contributed by atoms with Crippen LogP contribution in [0.25, 0.3) is 10.8 Å². The quantitative estimate of drug-likeness (QED) is 0.497. The highest BCUT2D eigenvalue weighted by molar-refractivity contribution is 6.20. The normalized spacial score (nSPS) is 13.9.